The average molecular weight is 331 g/mol. The number of benzene rings is 2. The van der Waals surface area contributed by atoms with Gasteiger partial charge in [-0.15, -0.1) is 0 Å². The van der Waals surface area contributed by atoms with E-state index in [1.165, 1.54) is 0 Å². The van der Waals surface area contributed by atoms with Crippen molar-refractivity contribution < 1.29 is 23.1 Å². The van der Waals surface area contributed by atoms with E-state index in [2.05, 4.69) is 5.32 Å². The highest BCUT2D eigenvalue weighted by Gasteiger charge is 2.43. The van der Waals surface area contributed by atoms with Crippen molar-refractivity contribution in [2.24, 2.45) is 0 Å². The summed E-state index contributed by atoms with van der Waals surface area (Å²) in [6.45, 7) is -1.01. The third-order valence-electron chi connectivity index (χ3n) is 4.06. The molecule has 24 heavy (non-hydrogen) atoms. The molecular formula is C17H16BF2NO3. The van der Waals surface area contributed by atoms with Crippen LogP contribution in [0.25, 0.3) is 10.8 Å². The molecule has 0 bridgehead atoms. The van der Waals surface area contributed by atoms with Crippen LogP contribution in [0.4, 0.5) is 8.78 Å². The normalized spacial score (nSPS) is 19.3. The number of rotatable bonds is 4. The average Bonchev–Trinajstić information content (AvgIpc) is 2.91. The summed E-state index contributed by atoms with van der Waals surface area (Å²) in [5, 5.41) is 4.33. The summed E-state index contributed by atoms with van der Waals surface area (Å²) >= 11 is 0. The fourth-order valence-corrected chi connectivity index (χ4v) is 2.74. The second kappa shape index (κ2) is 6.32. The van der Waals surface area contributed by atoms with Crippen LogP contribution in [0, 0.1) is 0 Å². The van der Waals surface area contributed by atoms with E-state index in [1.54, 1.807) is 12.1 Å². The molecule has 1 atom stereocenters. The predicted octanol–water partition coefficient (Wildman–Crippen LogP) is 0.821. The molecule has 1 heterocycles. The zero-order valence-electron chi connectivity index (χ0n) is 13.1. The minimum atomic E-state index is -2.91. The molecule has 1 aliphatic heterocycles. The maximum absolute atomic E-state index is 13.1. The minimum Gasteiger partial charge on any atom is -0.456 e. The molecule has 1 fully saturated rings. The number of alkyl halides is 2. The van der Waals surface area contributed by atoms with Crippen molar-refractivity contribution in [1.29, 1.82) is 0 Å². The van der Waals surface area contributed by atoms with E-state index in [4.69, 9.17) is 4.74 Å². The molecule has 0 radical (unpaired) electrons. The Kier molecular flexibility index (Phi) is 4.36. The number of hydrogen-bond donors (Lipinski definition) is 1. The summed E-state index contributed by atoms with van der Waals surface area (Å²) in [7, 11) is 1.98. The molecule has 124 valence electrons. The van der Waals surface area contributed by atoms with Gasteiger partial charge < -0.3 is 4.74 Å². The van der Waals surface area contributed by atoms with Crippen molar-refractivity contribution in [2.75, 3.05) is 13.2 Å². The highest BCUT2D eigenvalue weighted by atomic mass is 19.3. The van der Waals surface area contributed by atoms with Gasteiger partial charge in [0.25, 0.3) is 5.92 Å². The van der Waals surface area contributed by atoms with Crippen molar-refractivity contribution in [3.05, 3.63) is 42.0 Å². The Balaban J connectivity index is 1.63. The second-order valence-corrected chi connectivity index (χ2v) is 6.09. The number of ether oxygens (including phenoxy) is 1. The summed E-state index contributed by atoms with van der Waals surface area (Å²) in [4.78, 5) is 23.9. The number of nitrogens with one attached hydrogen (secondary N) is 1. The first-order chi connectivity index (χ1) is 11.3. The molecule has 2 aromatic rings. The molecule has 1 aliphatic rings. The standard InChI is InChI=1S/C17H16BF2NO3/c18-13-4-3-10-5-12(2-1-11(10)6-13)15(22)8-24-16(23)14-7-17(19,20)9-21-14/h1-6,14,21H,7-9,18H2/t14-/m0/s1. The Morgan fingerprint density at radius 3 is 2.62 bits per heavy atom. The summed E-state index contributed by atoms with van der Waals surface area (Å²) in [5.41, 5.74) is 1.54. The van der Waals surface area contributed by atoms with E-state index < -0.39 is 37.5 Å². The smallest absolute Gasteiger partial charge is 0.323 e. The summed E-state index contributed by atoms with van der Waals surface area (Å²) in [5.74, 6) is -4.10. The minimum absolute atomic E-state index is 0.365. The van der Waals surface area contributed by atoms with Crippen LogP contribution in [0.15, 0.2) is 36.4 Å². The number of halogens is 2. The molecule has 0 aliphatic carbocycles. The van der Waals surface area contributed by atoms with Gasteiger partial charge in [0.1, 0.15) is 13.9 Å². The molecule has 1 saturated heterocycles. The van der Waals surface area contributed by atoms with Crippen molar-refractivity contribution in [3.63, 3.8) is 0 Å². The number of ketones is 1. The van der Waals surface area contributed by atoms with Gasteiger partial charge in [0, 0.05) is 12.0 Å². The number of carbonyl (C=O) groups excluding carboxylic acids is 2. The van der Waals surface area contributed by atoms with E-state index in [1.807, 2.05) is 32.1 Å². The van der Waals surface area contributed by atoms with Gasteiger partial charge >= 0.3 is 5.97 Å². The summed E-state index contributed by atoms with van der Waals surface area (Å²) in [6.07, 6.45) is -0.602. The van der Waals surface area contributed by atoms with E-state index in [9.17, 15) is 18.4 Å². The molecule has 0 amide bonds. The van der Waals surface area contributed by atoms with Crippen LogP contribution < -0.4 is 10.8 Å². The van der Waals surface area contributed by atoms with E-state index in [-0.39, 0.29) is 5.78 Å². The number of esters is 1. The van der Waals surface area contributed by atoms with E-state index in [0.29, 0.717) is 5.56 Å². The maximum atomic E-state index is 13.1. The topological polar surface area (TPSA) is 55.4 Å². The van der Waals surface area contributed by atoms with Gasteiger partial charge in [-0.1, -0.05) is 35.8 Å². The van der Waals surface area contributed by atoms with Gasteiger partial charge in [0.2, 0.25) is 0 Å². The van der Waals surface area contributed by atoms with Crippen molar-refractivity contribution in [3.8, 4) is 0 Å². The number of Topliss-reactive ketones (excluding diaryl/α,β-unsaturated/α-hetero) is 1. The monoisotopic (exact) mass is 331 g/mol. The van der Waals surface area contributed by atoms with Crippen LogP contribution >= 0.6 is 0 Å². The van der Waals surface area contributed by atoms with Gasteiger partial charge in [0.05, 0.1) is 6.54 Å². The number of hydrogen-bond acceptors (Lipinski definition) is 4. The first-order valence-corrected chi connectivity index (χ1v) is 7.65. The fourth-order valence-electron chi connectivity index (χ4n) is 2.74. The van der Waals surface area contributed by atoms with Crippen LogP contribution in [0.1, 0.15) is 16.8 Å². The van der Waals surface area contributed by atoms with E-state index >= 15 is 0 Å². The van der Waals surface area contributed by atoms with Crippen LogP contribution in [0.5, 0.6) is 0 Å². The maximum Gasteiger partial charge on any atom is 0.323 e. The summed E-state index contributed by atoms with van der Waals surface area (Å²) in [6, 6.07) is 10.0. The van der Waals surface area contributed by atoms with Crippen molar-refractivity contribution in [2.45, 2.75) is 18.4 Å². The van der Waals surface area contributed by atoms with E-state index in [0.717, 1.165) is 16.2 Å². The molecule has 1 N–H and O–H groups in total. The Morgan fingerprint density at radius 1 is 1.21 bits per heavy atom. The first-order valence-electron chi connectivity index (χ1n) is 7.65. The van der Waals surface area contributed by atoms with Crippen molar-refractivity contribution >= 4 is 35.8 Å². The predicted molar refractivity (Wildman–Crippen MR) is 88.8 cm³/mol. The van der Waals surface area contributed by atoms with Crippen LogP contribution in [-0.2, 0) is 9.53 Å². The van der Waals surface area contributed by atoms with Gasteiger partial charge in [-0.25, -0.2) is 8.78 Å². The highest BCUT2D eigenvalue weighted by Crippen LogP contribution is 2.25. The molecule has 0 spiro atoms. The zero-order chi connectivity index (χ0) is 17.3. The van der Waals surface area contributed by atoms with Crippen molar-refractivity contribution in [1.82, 2.24) is 5.32 Å². The SMILES string of the molecule is Bc1ccc2cc(C(=O)COC(=O)[C@@H]3CC(F)(F)CN3)ccc2c1. The second-order valence-electron chi connectivity index (χ2n) is 6.09. The molecule has 2 aromatic carbocycles. The molecule has 4 nitrogen and oxygen atoms in total. The lowest BCUT2D eigenvalue weighted by Gasteiger charge is -2.10. The van der Waals surface area contributed by atoms with Gasteiger partial charge in [-0.2, -0.15) is 0 Å². The fraction of sp³-hybridized carbons (Fsp3) is 0.294. The zero-order valence-corrected chi connectivity index (χ0v) is 13.1. The Morgan fingerprint density at radius 2 is 1.92 bits per heavy atom. The third kappa shape index (κ3) is 3.62. The Labute approximate surface area is 138 Å². The Bertz CT molecular complexity index is 810. The molecule has 3 rings (SSSR count). The lowest BCUT2D eigenvalue weighted by atomic mass is 9.93. The Hall–Kier alpha value is -2.28. The van der Waals surface area contributed by atoms with Gasteiger partial charge in [-0.05, 0) is 16.8 Å². The summed E-state index contributed by atoms with van der Waals surface area (Å²) < 4.78 is 31.0. The van der Waals surface area contributed by atoms with Gasteiger partial charge in [0.15, 0.2) is 12.4 Å². The quantitative estimate of drug-likeness (QED) is 0.512. The van der Waals surface area contributed by atoms with Gasteiger partial charge in [-0.3, -0.25) is 14.9 Å². The molecule has 0 unspecified atom stereocenters. The molecular weight excluding hydrogens is 315 g/mol. The largest absolute Gasteiger partial charge is 0.456 e. The lowest BCUT2D eigenvalue weighted by molar-refractivity contribution is -0.145. The lowest BCUT2D eigenvalue weighted by Crippen LogP contribution is -2.33. The number of fused-ring (bicyclic) bond motifs is 1. The first kappa shape index (κ1) is 16.6. The molecule has 0 saturated carbocycles. The number of carbonyl (C=O) groups is 2. The van der Waals surface area contributed by atoms with Crippen LogP contribution in [0.2, 0.25) is 0 Å². The third-order valence-corrected chi connectivity index (χ3v) is 4.06. The van der Waals surface area contributed by atoms with Crippen LogP contribution in [0.3, 0.4) is 0 Å². The van der Waals surface area contributed by atoms with Crippen LogP contribution in [-0.4, -0.2) is 44.7 Å². The highest BCUT2D eigenvalue weighted by molar-refractivity contribution is 6.33. The molecule has 0 aromatic heterocycles. The molecule has 7 heteroatoms.